The minimum absolute atomic E-state index is 0. The Bertz CT molecular complexity index is 1180. The number of anilines is 2. The number of fused-ring (bicyclic) bond motifs is 1. The van der Waals surface area contributed by atoms with Crippen LogP contribution in [0.3, 0.4) is 0 Å². The number of aromatic nitrogens is 2. The lowest BCUT2D eigenvalue weighted by Gasteiger charge is -2.35. The average molecular weight is 505 g/mol. The van der Waals surface area contributed by atoms with Gasteiger partial charge in [-0.25, -0.2) is 9.37 Å². The molecule has 2 aromatic carbocycles. The molecule has 0 spiro atoms. The fourth-order valence-corrected chi connectivity index (χ4v) is 4.21. The van der Waals surface area contributed by atoms with Gasteiger partial charge in [-0.2, -0.15) is 4.98 Å². The zero-order chi connectivity index (χ0) is 24.2. The Kier molecular flexibility index (Phi) is 8.52. The molecule has 0 bridgehead atoms. The minimum atomic E-state index is -0.653. The third kappa shape index (κ3) is 5.33. The van der Waals surface area contributed by atoms with Crippen LogP contribution in [0.15, 0.2) is 36.4 Å². The number of nitrogen functional groups attached to an aromatic ring is 1. The summed E-state index contributed by atoms with van der Waals surface area (Å²) in [6, 6.07) is 11.4. The number of piperazine rings is 1. The first-order chi connectivity index (χ1) is 16.5. The molecule has 11 heteroatoms. The van der Waals surface area contributed by atoms with E-state index in [1.165, 1.54) is 14.2 Å². The molecule has 0 saturated carbocycles. The molecule has 1 amide bonds. The molecule has 4 rings (SSSR count). The lowest BCUT2D eigenvalue weighted by Crippen LogP contribution is -2.49. The number of nitrogens with two attached hydrogens (primary N) is 1. The van der Waals surface area contributed by atoms with Gasteiger partial charge in [-0.3, -0.25) is 4.79 Å². The minimum Gasteiger partial charge on any atom is -0.493 e. The summed E-state index contributed by atoms with van der Waals surface area (Å²) in [5.74, 6) is 0.0772. The molecule has 188 valence electrons. The lowest BCUT2D eigenvalue weighted by atomic mass is 10.0. The number of hydrogen-bond acceptors (Lipinski definition) is 8. The molecule has 1 saturated heterocycles. The van der Waals surface area contributed by atoms with Crippen LogP contribution in [0.5, 0.6) is 11.5 Å². The highest BCUT2D eigenvalue weighted by Crippen LogP contribution is 2.37. The van der Waals surface area contributed by atoms with E-state index >= 15 is 4.39 Å². The van der Waals surface area contributed by atoms with Crippen molar-refractivity contribution in [3.63, 3.8) is 0 Å². The van der Waals surface area contributed by atoms with Crippen LogP contribution in [0.2, 0.25) is 0 Å². The Morgan fingerprint density at radius 3 is 2.43 bits per heavy atom. The number of amides is 1. The third-order valence-corrected chi connectivity index (χ3v) is 6.14. The third-order valence-electron chi connectivity index (χ3n) is 6.14. The van der Waals surface area contributed by atoms with Crippen molar-refractivity contribution in [2.24, 2.45) is 0 Å². The van der Waals surface area contributed by atoms with Gasteiger partial charge in [-0.1, -0.05) is 30.3 Å². The standard InChI is InChI=1S/C24H29FN6O3.ClH/c1-27-17(15-7-5-4-6-8-15)14-19(32)30-9-11-31(12-10-30)24-28-21-16(23(26)29-24)13-18(33-2)22(34-3)20(21)25;/h4-8,13,17,27H,9-12,14H2,1-3H3,(H2,26,28,29);1H/t17-;/m1./s1. The molecule has 9 nitrogen and oxygen atoms in total. The van der Waals surface area contributed by atoms with Crippen molar-refractivity contribution in [1.29, 1.82) is 0 Å². The van der Waals surface area contributed by atoms with Crippen molar-refractivity contribution >= 4 is 41.0 Å². The fourth-order valence-electron chi connectivity index (χ4n) is 4.21. The van der Waals surface area contributed by atoms with Gasteiger partial charge in [-0.05, 0) is 18.7 Å². The Labute approximate surface area is 209 Å². The predicted molar refractivity (Wildman–Crippen MR) is 136 cm³/mol. The molecular formula is C24H30ClFN6O3. The van der Waals surface area contributed by atoms with Crippen LogP contribution in [0.1, 0.15) is 18.0 Å². The summed E-state index contributed by atoms with van der Waals surface area (Å²) in [4.78, 5) is 25.5. The van der Waals surface area contributed by atoms with Gasteiger partial charge in [-0.15, -0.1) is 12.4 Å². The van der Waals surface area contributed by atoms with Crippen LogP contribution in [0, 0.1) is 5.82 Å². The van der Waals surface area contributed by atoms with Gasteiger partial charge in [0.15, 0.2) is 17.3 Å². The highest BCUT2D eigenvalue weighted by molar-refractivity contribution is 5.92. The number of hydrogen-bond donors (Lipinski definition) is 2. The first-order valence-electron chi connectivity index (χ1n) is 11.1. The summed E-state index contributed by atoms with van der Waals surface area (Å²) in [5.41, 5.74) is 7.28. The maximum atomic E-state index is 15.1. The van der Waals surface area contributed by atoms with Crippen LogP contribution in [-0.2, 0) is 4.79 Å². The van der Waals surface area contributed by atoms with E-state index in [1.54, 1.807) is 6.07 Å². The number of nitrogens with zero attached hydrogens (tertiary/aromatic N) is 4. The number of halogens is 2. The summed E-state index contributed by atoms with van der Waals surface area (Å²) in [6.45, 7) is 2.06. The van der Waals surface area contributed by atoms with Crippen LogP contribution < -0.4 is 25.4 Å². The molecule has 35 heavy (non-hydrogen) atoms. The van der Waals surface area contributed by atoms with E-state index in [9.17, 15) is 4.79 Å². The maximum Gasteiger partial charge on any atom is 0.228 e. The van der Waals surface area contributed by atoms with Gasteiger partial charge in [0.1, 0.15) is 11.3 Å². The Balaban J connectivity index is 0.00000342. The van der Waals surface area contributed by atoms with Crippen molar-refractivity contribution < 1.29 is 18.7 Å². The van der Waals surface area contributed by atoms with Gasteiger partial charge in [0, 0.05) is 44.0 Å². The molecular weight excluding hydrogens is 475 g/mol. The fraction of sp³-hybridized carbons (Fsp3) is 0.375. The van der Waals surface area contributed by atoms with Crippen LogP contribution >= 0.6 is 12.4 Å². The van der Waals surface area contributed by atoms with E-state index < -0.39 is 5.82 Å². The zero-order valence-corrected chi connectivity index (χ0v) is 20.8. The molecule has 0 unspecified atom stereocenters. The molecule has 1 aliphatic heterocycles. The summed E-state index contributed by atoms with van der Waals surface area (Å²) in [6.07, 6.45) is 0.368. The molecule has 3 N–H and O–H groups in total. The highest BCUT2D eigenvalue weighted by atomic mass is 35.5. The number of nitrogens with one attached hydrogen (secondary N) is 1. The monoisotopic (exact) mass is 504 g/mol. The summed E-state index contributed by atoms with van der Waals surface area (Å²) < 4.78 is 25.4. The second kappa shape index (κ2) is 11.4. The van der Waals surface area contributed by atoms with Gasteiger partial charge in [0.05, 0.1) is 14.2 Å². The maximum absolute atomic E-state index is 15.1. The van der Waals surface area contributed by atoms with E-state index in [-0.39, 0.29) is 47.2 Å². The largest absolute Gasteiger partial charge is 0.493 e. The molecule has 1 fully saturated rings. The van der Waals surface area contributed by atoms with Crippen molar-refractivity contribution in [3.05, 3.63) is 47.8 Å². The molecule has 3 aromatic rings. The van der Waals surface area contributed by atoms with Crippen molar-refractivity contribution in [3.8, 4) is 11.5 Å². The normalized spacial score (nSPS) is 14.4. The topological polar surface area (TPSA) is 106 Å². The predicted octanol–water partition coefficient (Wildman–Crippen LogP) is 2.79. The van der Waals surface area contributed by atoms with Gasteiger partial charge in [0.2, 0.25) is 11.9 Å². The molecule has 2 heterocycles. The van der Waals surface area contributed by atoms with Crippen molar-refractivity contribution in [1.82, 2.24) is 20.2 Å². The SMILES string of the molecule is CN[C@H](CC(=O)N1CCN(c2nc(N)c3cc(OC)c(OC)c(F)c3n2)CC1)c1ccccc1.Cl. The smallest absolute Gasteiger partial charge is 0.228 e. The summed E-state index contributed by atoms with van der Waals surface area (Å²) in [7, 11) is 4.65. The Morgan fingerprint density at radius 1 is 1.14 bits per heavy atom. The number of rotatable bonds is 7. The van der Waals surface area contributed by atoms with E-state index in [2.05, 4.69) is 15.3 Å². The highest BCUT2D eigenvalue weighted by Gasteiger charge is 2.26. The number of benzene rings is 2. The van der Waals surface area contributed by atoms with E-state index in [0.29, 0.717) is 43.9 Å². The molecule has 1 aromatic heterocycles. The second-order valence-electron chi connectivity index (χ2n) is 8.05. The molecule has 0 radical (unpaired) electrons. The van der Waals surface area contributed by atoms with Crippen molar-refractivity contribution in [2.75, 3.05) is 58.1 Å². The number of ether oxygens (including phenoxy) is 2. The number of methoxy groups -OCH3 is 2. The van der Waals surface area contributed by atoms with Gasteiger partial charge < -0.3 is 30.3 Å². The van der Waals surface area contributed by atoms with E-state index in [0.717, 1.165) is 5.56 Å². The summed E-state index contributed by atoms with van der Waals surface area (Å²) >= 11 is 0. The summed E-state index contributed by atoms with van der Waals surface area (Å²) in [5, 5.41) is 3.58. The Morgan fingerprint density at radius 2 is 1.83 bits per heavy atom. The second-order valence-corrected chi connectivity index (χ2v) is 8.05. The molecule has 1 atom stereocenters. The molecule has 0 aliphatic carbocycles. The number of carbonyl (C=O) groups excluding carboxylic acids is 1. The first kappa shape index (κ1) is 26.2. The van der Waals surface area contributed by atoms with E-state index in [1.807, 2.05) is 47.2 Å². The lowest BCUT2D eigenvalue weighted by molar-refractivity contribution is -0.132. The zero-order valence-electron chi connectivity index (χ0n) is 20.0. The Hall–Kier alpha value is -3.37. The van der Waals surface area contributed by atoms with E-state index in [4.69, 9.17) is 15.2 Å². The first-order valence-corrected chi connectivity index (χ1v) is 11.1. The quantitative estimate of drug-likeness (QED) is 0.506. The van der Waals surface area contributed by atoms with Crippen LogP contribution in [0.25, 0.3) is 10.9 Å². The van der Waals surface area contributed by atoms with Crippen LogP contribution in [0.4, 0.5) is 16.2 Å². The molecule has 1 aliphatic rings. The van der Waals surface area contributed by atoms with Gasteiger partial charge >= 0.3 is 0 Å². The van der Waals surface area contributed by atoms with Crippen LogP contribution in [-0.4, -0.2) is 68.2 Å². The number of carbonyl (C=O) groups is 1. The van der Waals surface area contributed by atoms with Gasteiger partial charge in [0.25, 0.3) is 0 Å². The van der Waals surface area contributed by atoms with Crippen molar-refractivity contribution in [2.45, 2.75) is 12.5 Å². The average Bonchev–Trinajstić information content (AvgIpc) is 2.87.